The SMILES string of the molecule is Cc1ccc(CN2CCCC(O)(CO)C2)c2ccccc12. The third-order valence-electron chi connectivity index (χ3n) is 4.56. The minimum atomic E-state index is -0.932. The summed E-state index contributed by atoms with van der Waals surface area (Å²) in [6, 6.07) is 12.8. The molecule has 1 atom stereocenters. The molecule has 0 aromatic heterocycles. The van der Waals surface area contributed by atoms with Crippen LogP contribution in [0.3, 0.4) is 0 Å². The molecule has 1 aliphatic rings. The molecule has 112 valence electrons. The van der Waals surface area contributed by atoms with Crippen molar-refractivity contribution in [3.05, 3.63) is 47.5 Å². The zero-order valence-electron chi connectivity index (χ0n) is 12.5. The second-order valence-corrected chi connectivity index (χ2v) is 6.28. The van der Waals surface area contributed by atoms with Crippen LogP contribution in [0.1, 0.15) is 24.0 Å². The fraction of sp³-hybridized carbons (Fsp3) is 0.444. The van der Waals surface area contributed by atoms with Gasteiger partial charge in [0.25, 0.3) is 0 Å². The van der Waals surface area contributed by atoms with Crippen LogP contribution in [0.5, 0.6) is 0 Å². The molecule has 3 rings (SSSR count). The van der Waals surface area contributed by atoms with Gasteiger partial charge in [0.1, 0.15) is 5.60 Å². The Morgan fingerprint density at radius 2 is 1.90 bits per heavy atom. The van der Waals surface area contributed by atoms with Gasteiger partial charge in [0, 0.05) is 13.1 Å². The quantitative estimate of drug-likeness (QED) is 0.910. The van der Waals surface area contributed by atoms with Crippen LogP contribution in [0.2, 0.25) is 0 Å². The molecule has 0 amide bonds. The van der Waals surface area contributed by atoms with E-state index in [4.69, 9.17) is 0 Å². The van der Waals surface area contributed by atoms with Crippen molar-refractivity contribution in [2.45, 2.75) is 31.9 Å². The molecule has 1 saturated heterocycles. The normalized spacial score (nSPS) is 23.6. The maximum Gasteiger partial charge on any atom is 0.100 e. The van der Waals surface area contributed by atoms with E-state index in [2.05, 4.69) is 48.2 Å². The number of rotatable bonds is 3. The molecule has 0 spiro atoms. The van der Waals surface area contributed by atoms with E-state index >= 15 is 0 Å². The largest absolute Gasteiger partial charge is 0.393 e. The van der Waals surface area contributed by atoms with Crippen molar-refractivity contribution in [2.24, 2.45) is 0 Å². The van der Waals surface area contributed by atoms with Crippen molar-refractivity contribution >= 4 is 10.8 Å². The predicted molar refractivity (Wildman–Crippen MR) is 85.2 cm³/mol. The van der Waals surface area contributed by atoms with E-state index in [0.717, 1.165) is 19.5 Å². The minimum Gasteiger partial charge on any atom is -0.393 e. The van der Waals surface area contributed by atoms with Gasteiger partial charge in [-0.3, -0.25) is 4.90 Å². The van der Waals surface area contributed by atoms with E-state index in [1.165, 1.54) is 21.9 Å². The summed E-state index contributed by atoms with van der Waals surface area (Å²) in [5, 5.41) is 22.2. The molecule has 0 radical (unpaired) electrons. The number of nitrogens with zero attached hydrogens (tertiary/aromatic N) is 1. The van der Waals surface area contributed by atoms with Gasteiger partial charge in [0.2, 0.25) is 0 Å². The van der Waals surface area contributed by atoms with Crippen molar-refractivity contribution in [3.8, 4) is 0 Å². The summed E-state index contributed by atoms with van der Waals surface area (Å²) in [4.78, 5) is 2.25. The molecule has 3 heteroatoms. The van der Waals surface area contributed by atoms with E-state index in [1.54, 1.807) is 0 Å². The zero-order chi connectivity index (χ0) is 14.9. The monoisotopic (exact) mass is 285 g/mol. The van der Waals surface area contributed by atoms with Gasteiger partial charge in [-0.1, -0.05) is 36.4 Å². The van der Waals surface area contributed by atoms with Gasteiger partial charge in [0.05, 0.1) is 6.61 Å². The second kappa shape index (κ2) is 5.76. The highest BCUT2D eigenvalue weighted by atomic mass is 16.3. The maximum absolute atomic E-state index is 10.3. The third kappa shape index (κ3) is 2.95. The number of likely N-dealkylation sites (tertiary alicyclic amines) is 1. The highest BCUT2D eigenvalue weighted by Gasteiger charge is 2.32. The molecule has 1 aliphatic heterocycles. The lowest BCUT2D eigenvalue weighted by Crippen LogP contribution is -2.50. The van der Waals surface area contributed by atoms with Gasteiger partial charge in [0.15, 0.2) is 0 Å². The molecular weight excluding hydrogens is 262 g/mol. The zero-order valence-corrected chi connectivity index (χ0v) is 12.5. The summed E-state index contributed by atoms with van der Waals surface area (Å²) in [6.07, 6.45) is 1.62. The number of aliphatic hydroxyl groups excluding tert-OH is 1. The number of benzene rings is 2. The Bertz CT molecular complexity index is 640. The Balaban J connectivity index is 1.87. The third-order valence-corrected chi connectivity index (χ3v) is 4.56. The van der Waals surface area contributed by atoms with E-state index in [-0.39, 0.29) is 6.61 Å². The van der Waals surface area contributed by atoms with Crippen LogP contribution < -0.4 is 0 Å². The van der Waals surface area contributed by atoms with Gasteiger partial charge in [-0.05, 0) is 48.2 Å². The molecule has 0 saturated carbocycles. The van der Waals surface area contributed by atoms with Crippen molar-refractivity contribution in [1.29, 1.82) is 0 Å². The van der Waals surface area contributed by atoms with Crippen molar-refractivity contribution in [1.82, 2.24) is 4.90 Å². The number of β-amino-alcohol motifs (C(OH)–C–C–N with tert-alkyl or cyclic N) is 1. The smallest absolute Gasteiger partial charge is 0.100 e. The fourth-order valence-corrected chi connectivity index (χ4v) is 3.36. The van der Waals surface area contributed by atoms with Crippen LogP contribution in [-0.2, 0) is 6.54 Å². The molecule has 0 bridgehead atoms. The molecule has 3 nitrogen and oxygen atoms in total. The summed E-state index contributed by atoms with van der Waals surface area (Å²) >= 11 is 0. The Morgan fingerprint density at radius 1 is 1.14 bits per heavy atom. The Hall–Kier alpha value is -1.42. The first-order valence-electron chi connectivity index (χ1n) is 7.64. The molecule has 1 heterocycles. The van der Waals surface area contributed by atoms with Crippen LogP contribution in [0, 0.1) is 6.92 Å². The number of piperidine rings is 1. The van der Waals surface area contributed by atoms with Crippen LogP contribution in [0.25, 0.3) is 10.8 Å². The number of hydrogen-bond donors (Lipinski definition) is 2. The molecule has 2 aromatic carbocycles. The molecular formula is C18H23NO2. The Morgan fingerprint density at radius 3 is 2.67 bits per heavy atom. The first-order chi connectivity index (χ1) is 10.1. The first kappa shape index (κ1) is 14.5. The Labute approximate surface area is 125 Å². The maximum atomic E-state index is 10.3. The average Bonchev–Trinajstić information content (AvgIpc) is 2.51. The van der Waals surface area contributed by atoms with Crippen molar-refractivity contribution in [3.63, 3.8) is 0 Å². The highest BCUT2D eigenvalue weighted by molar-refractivity contribution is 5.88. The Kier molecular flexibility index (Phi) is 3.98. The fourth-order valence-electron chi connectivity index (χ4n) is 3.36. The number of hydrogen-bond acceptors (Lipinski definition) is 3. The first-order valence-corrected chi connectivity index (χ1v) is 7.64. The van der Waals surface area contributed by atoms with Gasteiger partial charge >= 0.3 is 0 Å². The number of aliphatic hydroxyl groups is 2. The molecule has 2 aromatic rings. The standard InChI is InChI=1S/C18H23NO2/c1-14-7-8-15(17-6-3-2-5-16(14)17)11-19-10-4-9-18(21,12-19)13-20/h2-3,5-8,20-21H,4,9-13H2,1H3. The van der Waals surface area contributed by atoms with Gasteiger partial charge in [-0.25, -0.2) is 0 Å². The summed E-state index contributed by atoms with van der Waals surface area (Å²) in [6.45, 7) is 4.33. The van der Waals surface area contributed by atoms with Crippen LogP contribution >= 0.6 is 0 Å². The van der Waals surface area contributed by atoms with Crippen LogP contribution in [0.4, 0.5) is 0 Å². The molecule has 0 aliphatic carbocycles. The molecule has 2 N–H and O–H groups in total. The second-order valence-electron chi connectivity index (χ2n) is 6.28. The average molecular weight is 285 g/mol. The summed E-state index contributed by atoms with van der Waals surface area (Å²) in [5.41, 5.74) is 1.65. The lowest BCUT2D eigenvalue weighted by Gasteiger charge is -2.38. The summed E-state index contributed by atoms with van der Waals surface area (Å²) in [5.74, 6) is 0. The van der Waals surface area contributed by atoms with E-state index in [9.17, 15) is 10.2 Å². The number of aryl methyl sites for hydroxylation is 1. The molecule has 21 heavy (non-hydrogen) atoms. The van der Waals surface area contributed by atoms with Gasteiger partial charge in [-0.15, -0.1) is 0 Å². The van der Waals surface area contributed by atoms with Crippen LogP contribution in [-0.4, -0.2) is 40.4 Å². The predicted octanol–water partition coefficient (Wildman–Crippen LogP) is 2.47. The molecule has 1 fully saturated rings. The van der Waals surface area contributed by atoms with E-state index in [1.807, 2.05) is 0 Å². The van der Waals surface area contributed by atoms with E-state index < -0.39 is 5.60 Å². The van der Waals surface area contributed by atoms with Gasteiger partial charge < -0.3 is 10.2 Å². The molecule has 1 unspecified atom stereocenters. The summed E-state index contributed by atoms with van der Waals surface area (Å²) in [7, 11) is 0. The van der Waals surface area contributed by atoms with Crippen LogP contribution in [0.15, 0.2) is 36.4 Å². The number of fused-ring (bicyclic) bond motifs is 1. The minimum absolute atomic E-state index is 0.155. The lowest BCUT2D eigenvalue weighted by atomic mass is 9.93. The topological polar surface area (TPSA) is 43.7 Å². The highest BCUT2D eigenvalue weighted by Crippen LogP contribution is 2.26. The van der Waals surface area contributed by atoms with Crippen molar-refractivity contribution in [2.75, 3.05) is 19.7 Å². The van der Waals surface area contributed by atoms with E-state index in [0.29, 0.717) is 13.0 Å². The lowest BCUT2D eigenvalue weighted by molar-refractivity contribution is -0.0686. The summed E-state index contributed by atoms with van der Waals surface area (Å²) < 4.78 is 0. The van der Waals surface area contributed by atoms with Gasteiger partial charge in [-0.2, -0.15) is 0 Å². The van der Waals surface area contributed by atoms with Crippen molar-refractivity contribution < 1.29 is 10.2 Å².